The number of pyridine rings is 1. The van der Waals surface area contributed by atoms with Crippen molar-refractivity contribution in [1.82, 2.24) is 4.98 Å². The van der Waals surface area contributed by atoms with Crippen LogP contribution in [0.15, 0.2) is 58.0 Å². The molecule has 0 fully saturated rings. The van der Waals surface area contributed by atoms with Gasteiger partial charge in [-0.3, -0.25) is 4.79 Å². The Morgan fingerprint density at radius 3 is 2.72 bits per heavy atom. The van der Waals surface area contributed by atoms with Crippen molar-refractivity contribution >= 4 is 39.5 Å². The van der Waals surface area contributed by atoms with Gasteiger partial charge in [-0.1, -0.05) is 23.7 Å². The molecule has 29 heavy (non-hydrogen) atoms. The standard InChI is InChI=1S/C23H21ClN2O2S/c1-13-11-29-12-19(13)15-5-4-6-17(7-15)25-14(2)18-8-16-9-20(24)22(28-3)10-21(16)26-23(18)27/h4-12,14,25H,1-3H3,(H,26,27)/t14-/m0/s1. The molecule has 0 radical (unpaired) electrons. The Hall–Kier alpha value is -2.76. The molecule has 148 valence electrons. The van der Waals surface area contributed by atoms with Crippen molar-refractivity contribution in [3.63, 3.8) is 0 Å². The first-order chi connectivity index (χ1) is 14.0. The van der Waals surface area contributed by atoms with E-state index in [0.717, 1.165) is 16.6 Å². The second-order valence-corrected chi connectivity index (χ2v) is 8.19. The number of halogens is 1. The second kappa shape index (κ2) is 7.93. The molecule has 4 nitrogen and oxygen atoms in total. The van der Waals surface area contributed by atoms with Crippen LogP contribution in [-0.2, 0) is 0 Å². The van der Waals surface area contributed by atoms with Gasteiger partial charge in [-0.15, -0.1) is 0 Å². The molecule has 0 aliphatic rings. The van der Waals surface area contributed by atoms with Crippen LogP contribution in [0.3, 0.4) is 0 Å². The average molecular weight is 425 g/mol. The largest absolute Gasteiger partial charge is 0.495 e. The van der Waals surface area contributed by atoms with E-state index in [2.05, 4.69) is 40.1 Å². The minimum absolute atomic E-state index is 0.133. The molecule has 0 spiro atoms. The van der Waals surface area contributed by atoms with E-state index in [9.17, 15) is 4.79 Å². The number of ether oxygens (including phenoxy) is 1. The summed E-state index contributed by atoms with van der Waals surface area (Å²) in [7, 11) is 1.55. The Bertz CT molecular complexity index is 1250. The zero-order chi connectivity index (χ0) is 20.5. The highest BCUT2D eigenvalue weighted by atomic mass is 35.5. The molecular formula is C23H21ClN2O2S. The Labute approximate surface area is 178 Å². The van der Waals surface area contributed by atoms with E-state index in [1.54, 1.807) is 24.5 Å². The number of rotatable bonds is 5. The van der Waals surface area contributed by atoms with E-state index in [1.807, 2.05) is 31.2 Å². The number of methoxy groups -OCH3 is 1. The molecule has 0 amide bonds. The molecule has 0 saturated carbocycles. The summed E-state index contributed by atoms with van der Waals surface area (Å²) in [6, 6.07) is 13.5. The van der Waals surface area contributed by atoms with Gasteiger partial charge in [0.15, 0.2) is 0 Å². The van der Waals surface area contributed by atoms with Crippen LogP contribution >= 0.6 is 22.9 Å². The second-order valence-electron chi connectivity index (χ2n) is 7.04. The van der Waals surface area contributed by atoms with E-state index in [4.69, 9.17) is 16.3 Å². The summed E-state index contributed by atoms with van der Waals surface area (Å²) in [4.78, 5) is 15.6. The molecule has 2 aromatic heterocycles. The number of fused-ring (bicyclic) bond motifs is 1. The average Bonchev–Trinajstić information content (AvgIpc) is 3.13. The monoisotopic (exact) mass is 424 g/mol. The predicted octanol–water partition coefficient (Wildman–Crippen LogP) is 6.40. The van der Waals surface area contributed by atoms with Gasteiger partial charge in [0, 0.05) is 22.7 Å². The molecule has 2 aromatic carbocycles. The van der Waals surface area contributed by atoms with Gasteiger partial charge in [0.05, 0.1) is 23.7 Å². The predicted molar refractivity (Wildman–Crippen MR) is 123 cm³/mol. The lowest BCUT2D eigenvalue weighted by molar-refractivity contribution is 0.415. The van der Waals surface area contributed by atoms with Crippen molar-refractivity contribution in [2.24, 2.45) is 0 Å². The van der Waals surface area contributed by atoms with Crippen molar-refractivity contribution in [2.75, 3.05) is 12.4 Å². The molecule has 0 aliphatic carbocycles. The number of thiophene rings is 1. The van der Waals surface area contributed by atoms with Crippen LogP contribution in [0.4, 0.5) is 5.69 Å². The Balaban J connectivity index is 1.66. The SMILES string of the molecule is COc1cc2[nH]c(=O)c([C@H](C)Nc3cccc(-c4cscc4C)c3)cc2cc1Cl. The first kappa shape index (κ1) is 19.6. The van der Waals surface area contributed by atoms with Gasteiger partial charge in [0.1, 0.15) is 5.75 Å². The molecule has 0 unspecified atom stereocenters. The van der Waals surface area contributed by atoms with Gasteiger partial charge in [-0.25, -0.2) is 0 Å². The van der Waals surface area contributed by atoms with Gasteiger partial charge in [-0.05, 0) is 65.6 Å². The molecular weight excluding hydrogens is 404 g/mol. The highest BCUT2D eigenvalue weighted by Crippen LogP contribution is 2.31. The summed E-state index contributed by atoms with van der Waals surface area (Å²) in [6.45, 7) is 4.09. The maximum absolute atomic E-state index is 12.7. The first-order valence-corrected chi connectivity index (χ1v) is 10.6. The summed E-state index contributed by atoms with van der Waals surface area (Å²) in [6.07, 6.45) is 0. The highest BCUT2D eigenvalue weighted by Gasteiger charge is 2.13. The van der Waals surface area contributed by atoms with Crippen molar-refractivity contribution in [3.05, 3.63) is 79.7 Å². The van der Waals surface area contributed by atoms with Crippen LogP contribution in [-0.4, -0.2) is 12.1 Å². The topological polar surface area (TPSA) is 54.1 Å². The normalized spacial score (nSPS) is 12.1. The van der Waals surface area contributed by atoms with Crippen molar-refractivity contribution in [3.8, 4) is 16.9 Å². The highest BCUT2D eigenvalue weighted by molar-refractivity contribution is 7.08. The van der Waals surface area contributed by atoms with Crippen molar-refractivity contribution in [1.29, 1.82) is 0 Å². The molecule has 4 aromatic rings. The van der Waals surface area contributed by atoms with E-state index in [1.165, 1.54) is 11.1 Å². The lowest BCUT2D eigenvalue weighted by atomic mass is 10.0. The number of aromatic amines is 1. The van der Waals surface area contributed by atoms with Crippen LogP contribution in [0.5, 0.6) is 5.75 Å². The van der Waals surface area contributed by atoms with E-state index < -0.39 is 0 Å². The van der Waals surface area contributed by atoms with E-state index in [-0.39, 0.29) is 11.6 Å². The number of nitrogens with one attached hydrogen (secondary N) is 2. The molecule has 0 bridgehead atoms. The van der Waals surface area contributed by atoms with Crippen molar-refractivity contribution < 1.29 is 4.74 Å². The Morgan fingerprint density at radius 1 is 1.17 bits per heavy atom. The zero-order valence-corrected chi connectivity index (χ0v) is 17.9. The first-order valence-electron chi connectivity index (χ1n) is 9.26. The molecule has 2 heterocycles. The van der Waals surface area contributed by atoms with Gasteiger partial charge < -0.3 is 15.0 Å². The number of anilines is 1. The fraction of sp³-hybridized carbons (Fsp3) is 0.174. The van der Waals surface area contributed by atoms with Crippen molar-refractivity contribution in [2.45, 2.75) is 19.9 Å². The van der Waals surface area contributed by atoms with E-state index >= 15 is 0 Å². The number of benzene rings is 2. The maximum Gasteiger partial charge on any atom is 0.253 e. The summed E-state index contributed by atoms with van der Waals surface area (Å²) in [5.41, 5.74) is 5.83. The Morgan fingerprint density at radius 2 is 2.00 bits per heavy atom. The maximum atomic E-state index is 12.7. The van der Waals surface area contributed by atoms with Crippen LogP contribution in [0.25, 0.3) is 22.0 Å². The minimum Gasteiger partial charge on any atom is -0.495 e. The Kier molecular flexibility index (Phi) is 5.35. The van der Waals surface area contributed by atoms with Gasteiger partial charge in [-0.2, -0.15) is 11.3 Å². The van der Waals surface area contributed by atoms with Crippen LogP contribution in [0.1, 0.15) is 24.1 Å². The lowest BCUT2D eigenvalue weighted by Crippen LogP contribution is -2.19. The van der Waals surface area contributed by atoms with Crippen LogP contribution in [0, 0.1) is 6.92 Å². The number of hydrogen-bond donors (Lipinski definition) is 2. The zero-order valence-electron chi connectivity index (χ0n) is 16.4. The van der Waals surface area contributed by atoms with E-state index in [0.29, 0.717) is 21.9 Å². The van der Waals surface area contributed by atoms with Crippen LogP contribution < -0.4 is 15.6 Å². The fourth-order valence-corrected chi connectivity index (χ4v) is 4.57. The molecule has 6 heteroatoms. The third-order valence-corrected chi connectivity index (χ3v) is 6.18. The number of aromatic nitrogens is 1. The third kappa shape index (κ3) is 3.88. The number of hydrogen-bond acceptors (Lipinski definition) is 4. The number of H-pyrrole nitrogens is 1. The molecule has 1 atom stereocenters. The minimum atomic E-state index is -0.178. The van der Waals surface area contributed by atoms with Gasteiger partial charge >= 0.3 is 0 Å². The fourth-order valence-electron chi connectivity index (χ4n) is 3.46. The number of aryl methyl sites for hydroxylation is 1. The summed E-state index contributed by atoms with van der Waals surface area (Å²) < 4.78 is 5.23. The quantitative estimate of drug-likeness (QED) is 0.389. The van der Waals surface area contributed by atoms with Gasteiger partial charge in [0.25, 0.3) is 5.56 Å². The summed E-state index contributed by atoms with van der Waals surface area (Å²) >= 11 is 7.95. The lowest BCUT2D eigenvalue weighted by Gasteiger charge is -2.17. The molecule has 2 N–H and O–H groups in total. The third-order valence-electron chi connectivity index (χ3n) is 5.02. The molecule has 0 saturated heterocycles. The van der Waals surface area contributed by atoms with Gasteiger partial charge in [0.2, 0.25) is 0 Å². The summed E-state index contributed by atoms with van der Waals surface area (Å²) in [5.74, 6) is 0.536. The summed E-state index contributed by atoms with van der Waals surface area (Å²) in [5, 5.41) is 9.12. The van der Waals surface area contributed by atoms with Crippen LogP contribution in [0.2, 0.25) is 5.02 Å². The smallest absolute Gasteiger partial charge is 0.253 e. The molecule has 0 aliphatic heterocycles. The molecule has 4 rings (SSSR count).